The minimum atomic E-state index is -1.41. The summed E-state index contributed by atoms with van der Waals surface area (Å²) in [6.45, 7) is 2.70. The smallest absolute Gasteiger partial charge is 0.328 e. The molecule has 1 heterocycles. The third kappa shape index (κ3) is 3.15. The van der Waals surface area contributed by atoms with E-state index in [-0.39, 0.29) is 11.4 Å². The zero-order valence-electron chi connectivity index (χ0n) is 10.2. The van der Waals surface area contributed by atoms with Crippen LogP contribution in [-0.4, -0.2) is 32.4 Å². The van der Waals surface area contributed by atoms with E-state index >= 15 is 0 Å². The first-order chi connectivity index (χ1) is 8.65. The number of hydrogen-bond acceptors (Lipinski definition) is 6. The van der Waals surface area contributed by atoms with Crippen molar-refractivity contribution in [3.63, 3.8) is 0 Å². The van der Waals surface area contributed by atoms with Crippen molar-refractivity contribution in [3.8, 4) is 0 Å². The molecule has 9 nitrogen and oxygen atoms in total. The van der Waals surface area contributed by atoms with Crippen LogP contribution in [0, 0.1) is 10.1 Å². The van der Waals surface area contributed by atoms with Crippen LogP contribution in [-0.2, 0) is 4.79 Å². The lowest BCUT2D eigenvalue weighted by Crippen LogP contribution is -2.41. The van der Waals surface area contributed by atoms with Gasteiger partial charge in [0.2, 0.25) is 0 Å². The van der Waals surface area contributed by atoms with Crippen molar-refractivity contribution in [2.75, 3.05) is 5.32 Å². The van der Waals surface area contributed by atoms with Gasteiger partial charge in [0.25, 0.3) is 11.6 Å². The Kier molecular flexibility index (Phi) is 3.69. The number of nitro groups is 1. The summed E-state index contributed by atoms with van der Waals surface area (Å²) in [5.41, 5.74) is 3.02. The highest BCUT2D eigenvalue weighted by Gasteiger charge is 2.29. The van der Waals surface area contributed by atoms with Gasteiger partial charge < -0.3 is 16.2 Å². The summed E-state index contributed by atoms with van der Waals surface area (Å²) >= 11 is 0. The van der Waals surface area contributed by atoms with E-state index in [1.54, 1.807) is 0 Å². The molecule has 1 rings (SSSR count). The van der Waals surface area contributed by atoms with E-state index < -0.39 is 28.0 Å². The van der Waals surface area contributed by atoms with Crippen molar-refractivity contribution in [2.45, 2.75) is 19.4 Å². The van der Waals surface area contributed by atoms with Crippen LogP contribution in [0.1, 0.15) is 24.2 Å². The van der Waals surface area contributed by atoms with Gasteiger partial charge in [-0.05, 0) is 13.8 Å². The summed E-state index contributed by atoms with van der Waals surface area (Å²) < 4.78 is 0. The number of nitrogens with one attached hydrogen (secondary N) is 1. The molecule has 0 aliphatic carbocycles. The largest absolute Gasteiger partial charge is 0.480 e. The maximum absolute atomic E-state index is 11.2. The molecule has 0 aliphatic rings. The van der Waals surface area contributed by atoms with Gasteiger partial charge in [-0.1, -0.05) is 0 Å². The Labute approximate surface area is 107 Å². The molecule has 0 bridgehead atoms. The summed E-state index contributed by atoms with van der Waals surface area (Å²) in [6.07, 6.45) is 0.909. The third-order valence-corrected chi connectivity index (χ3v) is 2.32. The van der Waals surface area contributed by atoms with Crippen molar-refractivity contribution in [1.82, 2.24) is 4.98 Å². The summed E-state index contributed by atoms with van der Waals surface area (Å²) in [5, 5.41) is 22.0. The number of carbonyl (C=O) groups excluding carboxylic acids is 1. The number of carbonyl (C=O) groups is 2. The molecule has 1 amide bonds. The van der Waals surface area contributed by atoms with Gasteiger partial charge in [0.15, 0.2) is 0 Å². The first-order valence-electron chi connectivity index (χ1n) is 5.11. The fourth-order valence-electron chi connectivity index (χ4n) is 1.19. The normalized spacial score (nSPS) is 10.8. The maximum Gasteiger partial charge on any atom is 0.328 e. The Morgan fingerprint density at radius 2 is 2.11 bits per heavy atom. The molecule has 0 fully saturated rings. The van der Waals surface area contributed by atoms with E-state index in [1.165, 1.54) is 13.8 Å². The lowest BCUT2D eigenvalue weighted by molar-refractivity contribution is -0.385. The number of aliphatic carboxylic acids is 1. The second-order valence-electron chi connectivity index (χ2n) is 4.27. The fraction of sp³-hybridized carbons (Fsp3) is 0.300. The Hall–Kier alpha value is -2.71. The highest BCUT2D eigenvalue weighted by molar-refractivity contribution is 5.99. The lowest BCUT2D eigenvalue weighted by atomic mass is 10.1. The number of hydrogen-bond donors (Lipinski definition) is 3. The Balaban J connectivity index is 3.25. The number of carboxylic acid groups (broad SMARTS) is 1. The molecule has 9 heteroatoms. The fourth-order valence-corrected chi connectivity index (χ4v) is 1.19. The Morgan fingerprint density at radius 1 is 1.53 bits per heavy atom. The monoisotopic (exact) mass is 268 g/mol. The topological polar surface area (TPSA) is 148 Å². The molecule has 0 radical (unpaired) electrons. The van der Waals surface area contributed by atoms with E-state index in [0.717, 1.165) is 12.3 Å². The van der Waals surface area contributed by atoms with Crippen LogP contribution < -0.4 is 11.1 Å². The van der Waals surface area contributed by atoms with Gasteiger partial charge in [-0.2, -0.15) is 0 Å². The minimum absolute atomic E-state index is 0.120. The quantitative estimate of drug-likeness (QED) is 0.515. The van der Waals surface area contributed by atoms with Gasteiger partial charge in [-0.15, -0.1) is 0 Å². The summed E-state index contributed by atoms with van der Waals surface area (Å²) in [4.78, 5) is 35.7. The first-order valence-corrected chi connectivity index (χ1v) is 5.11. The van der Waals surface area contributed by atoms with Crippen molar-refractivity contribution < 1.29 is 19.6 Å². The zero-order valence-corrected chi connectivity index (χ0v) is 10.2. The van der Waals surface area contributed by atoms with E-state index in [0.29, 0.717) is 0 Å². The highest BCUT2D eigenvalue weighted by atomic mass is 16.6. The van der Waals surface area contributed by atoms with Crippen molar-refractivity contribution in [1.29, 1.82) is 0 Å². The van der Waals surface area contributed by atoms with Crippen LogP contribution in [0.4, 0.5) is 11.5 Å². The van der Waals surface area contributed by atoms with Gasteiger partial charge in [0.1, 0.15) is 17.6 Å². The van der Waals surface area contributed by atoms with Gasteiger partial charge >= 0.3 is 5.97 Å². The first kappa shape index (κ1) is 14.4. The number of anilines is 1. The van der Waals surface area contributed by atoms with Crippen LogP contribution in [0.15, 0.2) is 12.3 Å². The van der Waals surface area contributed by atoms with Gasteiger partial charge in [0.05, 0.1) is 10.5 Å². The van der Waals surface area contributed by atoms with Gasteiger partial charge in [0, 0.05) is 6.07 Å². The molecule has 0 spiro atoms. The average Bonchev–Trinajstić information content (AvgIpc) is 2.28. The number of nitrogens with zero attached hydrogens (tertiary/aromatic N) is 2. The second kappa shape index (κ2) is 4.88. The molecule has 1 aromatic rings. The zero-order chi connectivity index (χ0) is 14.8. The molecule has 0 saturated carbocycles. The average molecular weight is 268 g/mol. The Morgan fingerprint density at radius 3 is 2.53 bits per heavy atom. The number of nitrogens with two attached hydrogens (primary N) is 1. The van der Waals surface area contributed by atoms with Crippen molar-refractivity contribution in [3.05, 3.63) is 27.9 Å². The molecule has 0 aromatic carbocycles. The van der Waals surface area contributed by atoms with Crippen LogP contribution in [0.2, 0.25) is 0 Å². The number of pyridine rings is 1. The molecular weight excluding hydrogens is 256 g/mol. The van der Waals surface area contributed by atoms with Crippen LogP contribution in [0.25, 0.3) is 0 Å². The number of aromatic nitrogens is 1. The minimum Gasteiger partial charge on any atom is -0.480 e. The Bertz CT molecular complexity index is 555. The summed E-state index contributed by atoms with van der Waals surface area (Å²) in [6, 6.07) is 0.940. The lowest BCUT2D eigenvalue weighted by Gasteiger charge is -2.22. The molecule has 4 N–H and O–H groups in total. The van der Waals surface area contributed by atoms with Gasteiger partial charge in [-0.3, -0.25) is 14.9 Å². The highest BCUT2D eigenvalue weighted by Crippen LogP contribution is 2.21. The standard InChI is InChI=1S/C10H12N4O5/c1-10(2,9(16)17)13-8-6(7(11)15)3-5(4-12-8)14(18)19/h3-4H,1-2H3,(H2,11,15)(H,12,13)(H,16,17). The second-order valence-corrected chi connectivity index (χ2v) is 4.27. The van der Waals surface area contributed by atoms with Crippen LogP contribution in [0.5, 0.6) is 0 Å². The van der Waals surface area contributed by atoms with Gasteiger partial charge in [-0.25, -0.2) is 9.78 Å². The van der Waals surface area contributed by atoms with E-state index in [9.17, 15) is 19.7 Å². The SMILES string of the molecule is CC(C)(Nc1ncc([N+](=O)[O-])cc1C(N)=O)C(=O)O. The van der Waals surface area contributed by atoms with E-state index in [2.05, 4.69) is 10.3 Å². The van der Waals surface area contributed by atoms with Crippen molar-refractivity contribution in [2.24, 2.45) is 5.73 Å². The molecule has 0 unspecified atom stereocenters. The summed E-state index contributed by atoms with van der Waals surface area (Å²) in [5.74, 6) is -2.24. The molecule has 102 valence electrons. The molecule has 1 aromatic heterocycles. The number of amides is 1. The number of rotatable bonds is 5. The molecular formula is C10H12N4O5. The number of primary amides is 1. The predicted molar refractivity (Wildman–Crippen MR) is 64.7 cm³/mol. The maximum atomic E-state index is 11.2. The van der Waals surface area contributed by atoms with Crippen molar-refractivity contribution >= 4 is 23.4 Å². The molecule has 19 heavy (non-hydrogen) atoms. The van der Waals surface area contributed by atoms with E-state index in [1.807, 2.05) is 0 Å². The van der Waals surface area contributed by atoms with Crippen LogP contribution in [0.3, 0.4) is 0 Å². The van der Waals surface area contributed by atoms with Crippen LogP contribution >= 0.6 is 0 Å². The third-order valence-electron chi connectivity index (χ3n) is 2.32. The molecule has 0 atom stereocenters. The number of carboxylic acids is 1. The molecule has 0 saturated heterocycles. The summed E-state index contributed by atoms with van der Waals surface area (Å²) in [7, 11) is 0. The predicted octanol–water partition coefficient (Wildman–Crippen LogP) is 0.364. The van der Waals surface area contributed by atoms with E-state index in [4.69, 9.17) is 10.8 Å². The molecule has 0 aliphatic heterocycles.